The standard InChI is InChI=1S/C12H16ClN/c1-12(2)7-10(8-14-12)9-3-5-11(13)6-4-9/h3-6,10,14H,7-8H2,1-2H3. The molecule has 1 fully saturated rings. The van der Waals surface area contributed by atoms with Gasteiger partial charge in [0.2, 0.25) is 0 Å². The van der Waals surface area contributed by atoms with Crippen molar-refractivity contribution in [2.75, 3.05) is 6.54 Å². The van der Waals surface area contributed by atoms with Crippen molar-refractivity contribution in [2.24, 2.45) is 0 Å². The number of nitrogens with one attached hydrogen (secondary N) is 1. The van der Waals surface area contributed by atoms with Crippen LogP contribution in [0.15, 0.2) is 24.3 Å². The molecule has 1 aliphatic heterocycles. The highest BCUT2D eigenvalue weighted by atomic mass is 35.5. The predicted molar refractivity (Wildman–Crippen MR) is 60.9 cm³/mol. The number of hydrogen-bond donors (Lipinski definition) is 1. The van der Waals surface area contributed by atoms with E-state index in [-0.39, 0.29) is 5.54 Å². The van der Waals surface area contributed by atoms with Crippen molar-refractivity contribution in [3.05, 3.63) is 34.9 Å². The summed E-state index contributed by atoms with van der Waals surface area (Å²) in [7, 11) is 0. The lowest BCUT2D eigenvalue weighted by molar-refractivity contribution is 0.456. The van der Waals surface area contributed by atoms with Gasteiger partial charge in [-0.25, -0.2) is 0 Å². The molecule has 0 amide bonds. The van der Waals surface area contributed by atoms with Crippen molar-refractivity contribution in [1.29, 1.82) is 0 Å². The summed E-state index contributed by atoms with van der Waals surface area (Å²) in [4.78, 5) is 0. The van der Waals surface area contributed by atoms with Gasteiger partial charge in [-0.05, 0) is 43.9 Å². The first-order chi connectivity index (χ1) is 6.57. The van der Waals surface area contributed by atoms with Crippen LogP contribution in [0, 0.1) is 0 Å². The van der Waals surface area contributed by atoms with Crippen LogP contribution in [-0.4, -0.2) is 12.1 Å². The van der Waals surface area contributed by atoms with E-state index in [0.717, 1.165) is 11.6 Å². The Bertz CT molecular complexity index is 316. The van der Waals surface area contributed by atoms with Gasteiger partial charge in [0.05, 0.1) is 0 Å². The van der Waals surface area contributed by atoms with E-state index in [1.165, 1.54) is 12.0 Å². The quantitative estimate of drug-likeness (QED) is 0.749. The Morgan fingerprint density at radius 1 is 1.29 bits per heavy atom. The van der Waals surface area contributed by atoms with Gasteiger partial charge in [0.15, 0.2) is 0 Å². The van der Waals surface area contributed by atoms with E-state index in [4.69, 9.17) is 11.6 Å². The van der Waals surface area contributed by atoms with Crippen LogP contribution in [0.1, 0.15) is 31.7 Å². The second-order valence-corrected chi connectivity index (χ2v) is 5.15. The molecule has 1 aromatic rings. The maximum absolute atomic E-state index is 5.86. The van der Waals surface area contributed by atoms with Gasteiger partial charge >= 0.3 is 0 Å². The molecule has 1 unspecified atom stereocenters. The Hall–Kier alpha value is -0.530. The third-order valence-corrected chi connectivity index (χ3v) is 3.18. The van der Waals surface area contributed by atoms with Crippen LogP contribution >= 0.6 is 11.6 Å². The first kappa shape index (κ1) is 10.0. The summed E-state index contributed by atoms with van der Waals surface area (Å²) in [6, 6.07) is 8.22. The maximum atomic E-state index is 5.86. The molecule has 14 heavy (non-hydrogen) atoms. The summed E-state index contributed by atoms with van der Waals surface area (Å²) in [6.07, 6.45) is 1.20. The van der Waals surface area contributed by atoms with E-state index < -0.39 is 0 Å². The second-order valence-electron chi connectivity index (χ2n) is 4.72. The van der Waals surface area contributed by atoms with E-state index in [0.29, 0.717) is 5.92 Å². The first-order valence-electron chi connectivity index (χ1n) is 5.07. The Balaban J connectivity index is 2.14. The predicted octanol–water partition coefficient (Wildman–Crippen LogP) is 3.20. The average Bonchev–Trinajstić information content (AvgIpc) is 2.47. The molecule has 1 nitrogen and oxygen atoms in total. The summed E-state index contributed by atoms with van der Waals surface area (Å²) in [5, 5.41) is 4.34. The molecule has 0 radical (unpaired) electrons. The molecule has 0 aliphatic carbocycles. The number of halogens is 1. The van der Waals surface area contributed by atoms with E-state index in [2.05, 4.69) is 31.3 Å². The number of benzene rings is 1. The van der Waals surface area contributed by atoms with Crippen molar-refractivity contribution in [2.45, 2.75) is 31.7 Å². The molecule has 0 saturated carbocycles. The van der Waals surface area contributed by atoms with Crippen molar-refractivity contribution < 1.29 is 0 Å². The Morgan fingerprint density at radius 3 is 2.43 bits per heavy atom. The van der Waals surface area contributed by atoms with Gasteiger partial charge in [0.1, 0.15) is 0 Å². The van der Waals surface area contributed by atoms with Gasteiger partial charge in [0, 0.05) is 17.1 Å². The van der Waals surface area contributed by atoms with Gasteiger partial charge in [-0.3, -0.25) is 0 Å². The molecule has 0 bridgehead atoms. The van der Waals surface area contributed by atoms with Gasteiger partial charge in [-0.2, -0.15) is 0 Å². The fourth-order valence-corrected chi connectivity index (χ4v) is 2.26. The Kier molecular flexibility index (Phi) is 2.54. The molecule has 2 rings (SSSR count). The molecular formula is C12H16ClN. The summed E-state index contributed by atoms with van der Waals surface area (Å²) in [5.41, 5.74) is 1.68. The normalized spacial score (nSPS) is 25.2. The van der Waals surface area contributed by atoms with Crippen molar-refractivity contribution in [3.8, 4) is 0 Å². The highest BCUT2D eigenvalue weighted by molar-refractivity contribution is 6.30. The second kappa shape index (κ2) is 3.56. The van der Waals surface area contributed by atoms with Crippen LogP contribution in [0.5, 0.6) is 0 Å². The third kappa shape index (κ3) is 2.10. The monoisotopic (exact) mass is 209 g/mol. The molecule has 1 aromatic carbocycles. The van der Waals surface area contributed by atoms with Crippen LogP contribution in [0.25, 0.3) is 0 Å². The maximum Gasteiger partial charge on any atom is 0.0406 e. The molecule has 2 heteroatoms. The molecule has 0 spiro atoms. The van der Waals surface area contributed by atoms with Crippen LogP contribution in [0.4, 0.5) is 0 Å². The van der Waals surface area contributed by atoms with Gasteiger partial charge in [-0.1, -0.05) is 23.7 Å². The molecule has 1 atom stereocenters. The first-order valence-corrected chi connectivity index (χ1v) is 5.45. The zero-order chi connectivity index (χ0) is 10.2. The van der Waals surface area contributed by atoms with E-state index in [9.17, 15) is 0 Å². The largest absolute Gasteiger partial charge is 0.311 e. The van der Waals surface area contributed by atoms with Crippen LogP contribution in [0.3, 0.4) is 0 Å². The Morgan fingerprint density at radius 2 is 1.93 bits per heavy atom. The lowest BCUT2D eigenvalue weighted by Gasteiger charge is -2.17. The van der Waals surface area contributed by atoms with E-state index in [1.807, 2.05) is 12.1 Å². The highest BCUT2D eigenvalue weighted by Crippen LogP contribution is 2.31. The van der Waals surface area contributed by atoms with Gasteiger partial charge in [0.25, 0.3) is 0 Å². The summed E-state index contributed by atoms with van der Waals surface area (Å²) < 4.78 is 0. The zero-order valence-corrected chi connectivity index (χ0v) is 9.43. The molecule has 1 saturated heterocycles. The summed E-state index contributed by atoms with van der Waals surface area (Å²) in [5.74, 6) is 0.641. The van der Waals surface area contributed by atoms with Crippen LogP contribution < -0.4 is 5.32 Å². The zero-order valence-electron chi connectivity index (χ0n) is 8.68. The van der Waals surface area contributed by atoms with Crippen molar-refractivity contribution in [1.82, 2.24) is 5.32 Å². The van der Waals surface area contributed by atoms with E-state index in [1.54, 1.807) is 0 Å². The Labute approximate surface area is 90.5 Å². The van der Waals surface area contributed by atoms with Crippen LogP contribution in [0.2, 0.25) is 5.02 Å². The fraction of sp³-hybridized carbons (Fsp3) is 0.500. The third-order valence-electron chi connectivity index (χ3n) is 2.93. The molecule has 76 valence electrons. The smallest absolute Gasteiger partial charge is 0.0406 e. The molecule has 1 heterocycles. The summed E-state index contributed by atoms with van der Waals surface area (Å²) in [6.45, 7) is 5.58. The number of rotatable bonds is 1. The minimum Gasteiger partial charge on any atom is -0.311 e. The number of hydrogen-bond acceptors (Lipinski definition) is 1. The molecular weight excluding hydrogens is 194 g/mol. The molecule has 1 N–H and O–H groups in total. The van der Waals surface area contributed by atoms with E-state index >= 15 is 0 Å². The lowest BCUT2D eigenvalue weighted by Crippen LogP contribution is -2.31. The highest BCUT2D eigenvalue weighted by Gasteiger charge is 2.30. The summed E-state index contributed by atoms with van der Waals surface area (Å²) >= 11 is 5.86. The lowest BCUT2D eigenvalue weighted by atomic mass is 9.91. The van der Waals surface area contributed by atoms with Crippen molar-refractivity contribution >= 4 is 11.6 Å². The van der Waals surface area contributed by atoms with Gasteiger partial charge in [-0.15, -0.1) is 0 Å². The topological polar surface area (TPSA) is 12.0 Å². The van der Waals surface area contributed by atoms with Crippen molar-refractivity contribution in [3.63, 3.8) is 0 Å². The molecule has 1 aliphatic rings. The minimum atomic E-state index is 0.282. The van der Waals surface area contributed by atoms with Crippen LogP contribution in [-0.2, 0) is 0 Å². The van der Waals surface area contributed by atoms with Gasteiger partial charge < -0.3 is 5.32 Å². The fourth-order valence-electron chi connectivity index (χ4n) is 2.13. The SMILES string of the molecule is CC1(C)CC(c2ccc(Cl)cc2)CN1. The average molecular weight is 210 g/mol. The molecule has 0 aromatic heterocycles. The minimum absolute atomic E-state index is 0.282.